The number of nitrogens with zero attached hydrogens (tertiary/aromatic N) is 6. The van der Waals surface area contributed by atoms with E-state index in [2.05, 4.69) is 21.6 Å². The van der Waals surface area contributed by atoms with Crippen LogP contribution in [0.25, 0.3) is 0 Å². The van der Waals surface area contributed by atoms with Gasteiger partial charge in [-0.15, -0.1) is 0 Å². The number of anilines is 3. The Labute approximate surface area is 205 Å². The highest BCUT2D eigenvalue weighted by molar-refractivity contribution is 5.90. The van der Waals surface area contributed by atoms with Gasteiger partial charge in [0, 0.05) is 49.9 Å². The molecular weight excluding hydrogens is 444 g/mol. The van der Waals surface area contributed by atoms with E-state index in [1.807, 2.05) is 4.90 Å². The van der Waals surface area contributed by atoms with Crippen LogP contribution in [0.3, 0.4) is 0 Å². The maximum Gasteiger partial charge on any atom is 0.245 e. The van der Waals surface area contributed by atoms with Gasteiger partial charge in [-0.1, -0.05) is 12.8 Å². The van der Waals surface area contributed by atoms with E-state index >= 15 is 0 Å². The fourth-order valence-electron chi connectivity index (χ4n) is 6.04. The molecule has 3 fully saturated rings. The van der Waals surface area contributed by atoms with Gasteiger partial charge in [0.1, 0.15) is 11.9 Å². The molecule has 2 aromatic rings. The van der Waals surface area contributed by atoms with E-state index in [0.717, 1.165) is 61.5 Å². The maximum absolute atomic E-state index is 13.4. The molecule has 0 bridgehead atoms. The lowest BCUT2D eigenvalue weighted by molar-refractivity contribution is -0.144. The molecule has 4 heterocycles. The number of rotatable bonds is 5. The molecule has 2 aromatic heterocycles. The quantitative estimate of drug-likeness (QED) is 0.679. The molecule has 35 heavy (non-hydrogen) atoms. The van der Waals surface area contributed by atoms with Crippen molar-refractivity contribution in [2.45, 2.75) is 69.7 Å². The number of aryl methyl sites for hydroxylation is 1. The van der Waals surface area contributed by atoms with Crippen molar-refractivity contribution in [2.24, 2.45) is 0 Å². The third-order valence-corrected chi connectivity index (χ3v) is 8.12. The SMILES string of the molecule is CN1CCN(C(=O)C2CCCN2c2nc3c(c(Nc4cc(C5CCCC5)[nH]n4)n2)CCC3)CC1=O. The smallest absolute Gasteiger partial charge is 0.245 e. The number of amides is 2. The molecule has 1 atom stereocenters. The van der Waals surface area contributed by atoms with Crippen LogP contribution in [0.2, 0.25) is 0 Å². The number of hydrogen-bond acceptors (Lipinski definition) is 7. The zero-order valence-electron chi connectivity index (χ0n) is 20.4. The van der Waals surface area contributed by atoms with Gasteiger partial charge in [-0.05, 0) is 44.9 Å². The summed E-state index contributed by atoms with van der Waals surface area (Å²) in [6.07, 6.45) is 9.60. The monoisotopic (exact) mass is 478 g/mol. The zero-order chi connectivity index (χ0) is 23.9. The molecule has 186 valence electrons. The van der Waals surface area contributed by atoms with Gasteiger partial charge in [0.2, 0.25) is 17.8 Å². The number of hydrogen-bond donors (Lipinski definition) is 2. The van der Waals surface area contributed by atoms with E-state index < -0.39 is 0 Å². The highest BCUT2D eigenvalue weighted by Gasteiger charge is 2.38. The zero-order valence-corrected chi connectivity index (χ0v) is 20.4. The van der Waals surface area contributed by atoms with Crippen LogP contribution in [0.1, 0.15) is 67.8 Å². The topological polar surface area (TPSA) is 110 Å². The second kappa shape index (κ2) is 9.13. The molecule has 2 saturated heterocycles. The minimum Gasteiger partial charge on any atom is -0.342 e. The number of H-pyrrole nitrogens is 1. The minimum absolute atomic E-state index is 0.00890. The Hall–Kier alpha value is -3.17. The van der Waals surface area contributed by atoms with E-state index in [1.54, 1.807) is 16.8 Å². The van der Waals surface area contributed by atoms with Gasteiger partial charge in [0.25, 0.3) is 0 Å². The van der Waals surface area contributed by atoms with E-state index in [0.29, 0.717) is 25.0 Å². The van der Waals surface area contributed by atoms with Crippen LogP contribution in [0, 0.1) is 0 Å². The standard InChI is InChI=1S/C25H34N8O2/c1-31-12-13-32(15-22(31)34)24(35)20-10-5-11-33(20)25-26-18-9-4-8-17(18)23(28-25)27-21-14-19(29-30-21)16-6-2-3-7-16/h14,16,20H,2-13,15H2,1H3,(H2,26,27,28,29,30). The summed E-state index contributed by atoms with van der Waals surface area (Å²) in [5.74, 6) is 2.77. The first-order chi connectivity index (χ1) is 17.1. The Kier molecular flexibility index (Phi) is 5.82. The predicted molar refractivity (Wildman–Crippen MR) is 132 cm³/mol. The fourth-order valence-corrected chi connectivity index (χ4v) is 6.04. The summed E-state index contributed by atoms with van der Waals surface area (Å²) in [4.78, 5) is 40.9. The lowest BCUT2D eigenvalue weighted by atomic mass is 10.0. The van der Waals surface area contributed by atoms with Crippen molar-refractivity contribution in [3.8, 4) is 0 Å². The Balaban J connectivity index is 1.24. The van der Waals surface area contributed by atoms with Gasteiger partial charge in [-0.25, -0.2) is 4.98 Å². The first kappa shape index (κ1) is 22.3. The number of piperazine rings is 1. The third kappa shape index (κ3) is 4.23. The normalized spacial score (nSPS) is 22.8. The Morgan fingerprint density at radius 3 is 2.74 bits per heavy atom. The molecular formula is C25H34N8O2. The van der Waals surface area contributed by atoms with Crippen LogP contribution in [0.5, 0.6) is 0 Å². The molecule has 4 aliphatic rings. The summed E-state index contributed by atoms with van der Waals surface area (Å²) in [6.45, 7) is 2.05. The van der Waals surface area contributed by atoms with Gasteiger partial charge in [-0.3, -0.25) is 14.7 Å². The van der Waals surface area contributed by atoms with Crippen LogP contribution in [-0.4, -0.2) is 81.0 Å². The summed E-state index contributed by atoms with van der Waals surface area (Å²) in [7, 11) is 1.79. The van der Waals surface area contributed by atoms with Crippen molar-refractivity contribution in [3.05, 3.63) is 23.0 Å². The van der Waals surface area contributed by atoms with Gasteiger partial charge >= 0.3 is 0 Å². The van der Waals surface area contributed by atoms with Crippen molar-refractivity contribution in [2.75, 3.05) is 43.4 Å². The first-order valence-electron chi connectivity index (χ1n) is 13.1. The highest BCUT2D eigenvalue weighted by Crippen LogP contribution is 2.36. The van der Waals surface area contributed by atoms with E-state index in [-0.39, 0.29) is 24.4 Å². The molecule has 6 rings (SSSR count). The number of likely N-dealkylation sites (N-methyl/N-ethyl adjacent to an activating group) is 1. The lowest BCUT2D eigenvalue weighted by Crippen LogP contribution is -2.55. The fraction of sp³-hybridized carbons (Fsp3) is 0.640. The van der Waals surface area contributed by atoms with Crippen LogP contribution in [0.15, 0.2) is 6.07 Å². The van der Waals surface area contributed by atoms with E-state index in [9.17, 15) is 9.59 Å². The molecule has 2 amide bonds. The van der Waals surface area contributed by atoms with Gasteiger partial charge in [0.15, 0.2) is 5.82 Å². The molecule has 0 spiro atoms. The van der Waals surface area contributed by atoms with Crippen molar-refractivity contribution in [1.29, 1.82) is 0 Å². The summed E-state index contributed by atoms with van der Waals surface area (Å²) >= 11 is 0. The summed E-state index contributed by atoms with van der Waals surface area (Å²) in [6, 6.07) is 1.80. The van der Waals surface area contributed by atoms with Gasteiger partial charge < -0.3 is 20.0 Å². The van der Waals surface area contributed by atoms with Crippen LogP contribution in [-0.2, 0) is 22.4 Å². The first-order valence-corrected chi connectivity index (χ1v) is 13.1. The number of aromatic nitrogens is 4. The highest BCUT2D eigenvalue weighted by atomic mass is 16.2. The minimum atomic E-state index is -0.321. The molecule has 2 aliphatic carbocycles. The van der Waals surface area contributed by atoms with E-state index in [1.165, 1.54) is 31.4 Å². The average Bonchev–Trinajstić information content (AvgIpc) is 3.67. The summed E-state index contributed by atoms with van der Waals surface area (Å²) in [5.41, 5.74) is 3.42. The number of nitrogens with one attached hydrogen (secondary N) is 2. The summed E-state index contributed by atoms with van der Waals surface area (Å²) < 4.78 is 0. The largest absolute Gasteiger partial charge is 0.342 e. The Morgan fingerprint density at radius 2 is 1.91 bits per heavy atom. The van der Waals surface area contributed by atoms with Crippen LogP contribution in [0.4, 0.5) is 17.6 Å². The van der Waals surface area contributed by atoms with Crippen molar-refractivity contribution >= 4 is 29.4 Å². The predicted octanol–water partition coefficient (Wildman–Crippen LogP) is 2.36. The summed E-state index contributed by atoms with van der Waals surface area (Å²) in [5, 5.41) is 11.2. The maximum atomic E-state index is 13.4. The molecule has 10 nitrogen and oxygen atoms in total. The van der Waals surface area contributed by atoms with Crippen LogP contribution >= 0.6 is 0 Å². The van der Waals surface area contributed by atoms with Crippen molar-refractivity contribution in [1.82, 2.24) is 30.0 Å². The molecule has 2 aliphatic heterocycles. The van der Waals surface area contributed by atoms with Gasteiger partial charge in [0.05, 0.1) is 12.2 Å². The molecule has 0 aromatic carbocycles. The Morgan fingerprint density at radius 1 is 1.06 bits per heavy atom. The molecule has 1 saturated carbocycles. The number of fused-ring (bicyclic) bond motifs is 1. The second-order valence-corrected chi connectivity index (χ2v) is 10.4. The Bertz CT molecular complexity index is 1120. The van der Waals surface area contributed by atoms with Crippen molar-refractivity contribution in [3.63, 3.8) is 0 Å². The molecule has 0 radical (unpaired) electrons. The molecule has 1 unspecified atom stereocenters. The number of aromatic amines is 1. The average molecular weight is 479 g/mol. The number of carbonyl (C=O) groups is 2. The third-order valence-electron chi connectivity index (χ3n) is 8.12. The molecule has 10 heteroatoms. The van der Waals surface area contributed by atoms with Crippen molar-refractivity contribution < 1.29 is 9.59 Å². The lowest BCUT2D eigenvalue weighted by Gasteiger charge is -2.35. The van der Waals surface area contributed by atoms with Crippen LogP contribution < -0.4 is 10.2 Å². The molecule has 2 N–H and O–H groups in total. The van der Waals surface area contributed by atoms with Gasteiger partial charge in [-0.2, -0.15) is 10.1 Å². The second-order valence-electron chi connectivity index (χ2n) is 10.4. The number of carbonyl (C=O) groups excluding carboxylic acids is 2. The van der Waals surface area contributed by atoms with E-state index in [4.69, 9.17) is 9.97 Å².